The minimum atomic E-state index is 0. The molecule has 0 aliphatic carbocycles. The van der Waals surface area contributed by atoms with Crippen LogP contribution in [0, 0.1) is 5.92 Å². The van der Waals surface area contributed by atoms with Gasteiger partial charge in [0.15, 0.2) is 0 Å². The van der Waals surface area contributed by atoms with Crippen LogP contribution < -0.4 is 11.1 Å². The Morgan fingerprint density at radius 1 is 1.46 bits per heavy atom. The van der Waals surface area contributed by atoms with Gasteiger partial charge in [-0.05, 0) is 30.2 Å². The Balaban J connectivity index is 0.00000288. The summed E-state index contributed by atoms with van der Waals surface area (Å²) in [7, 11) is 0. The van der Waals surface area contributed by atoms with Gasteiger partial charge in [0.1, 0.15) is 0 Å². The first kappa shape index (κ1) is 20.6. The maximum atomic E-state index is 11.9. The van der Waals surface area contributed by atoms with Crippen molar-refractivity contribution in [2.75, 3.05) is 6.54 Å². The number of nitrogens with one attached hydrogen (secondary N) is 1. The Morgan fingerprint density at radius 3 is 2.88 bits per heavy atom. The number of nitrogens with two attached hydrogens (primary N) is 1. The number of nitrogens with zero attached hydrogens (tertiary/aromatic N) is 2. The van der Waals surface area contributed by atoms with Gasteiger partial charge in [0.05, 0.1) is 4.88 Å². The molecule has 0 aliphatic rings. The number of rotatable bonds is 9. The van der Waals surface area contributed by atoms with E-state index in [4.69, 9.17) is 10.3 Å². The van der Waals surface area contributed by atoms with Gasteiger partial charge in [0, 0.05) is 25.4 Å². The maximum Gasteiger partial charge on any atom is 0.226 e. The lowest BCUT2D eigenvalue weighted by Crippen LogP contribution is -2.40. The Kier molecular flexibility index (Phi) is 8.95. The normalized spacial score (nSPS) is 12.0. The molecule has 0 aromatic carbocycles. The molecule has 2 rings (SSSR count). The zero-order valence-corrected chi connectivity index (χ0v) is 15.7. The second-order valence-corrected chi connectivity index (χ2v) is 6.92. The highest BCUT2D eigenvalue weighted by Gasteiger charge is 2.13. The summed E-state index contributed by atoms with van der Waals surface area (Å²) in [6.45, 7) is 4.71. The monoisotopic (exact) mass is 372 g/mol. The second-order valence-electron chi connectivity index (χ2n) is 5.97. The van der Waals surface area contributed by atoms with Gasteiger partial charge < -0.3 is 15.6 Å². The molecule has 0 saturated carbocycles. The molecule has 6 nitrogen and oxygen atoms in total. The standard InChI is InChI=1S/C16H24N4O2S.ClH/c1-11(2)9-12(10-17)18-14(21)6-3-7-15-19-16(20-22-15)13-5-4-8-23-13;/h4-5,8,11-12H,3,6-7,9-10,17H2,1-2H3,(H,18,21);1H. The van der Waals surface area contributed by atoms with Crippen LogP contribution in [0.2, 0.25) is 0 Å². The molecule has 2 aromatic rings. The minimum Gasteiger partial charge on any atom is -0.352 e. The van der Waals surface area contributed by atoms with Gasteiger partial charge in [-0.3, -0.25) is 4.79 Å². The van der Waals surface area contributed by atoms with Crippen LogP contribution in [0.3, 0.4) is 0 Å². The van der Waals surface area contributed by atoms with Crippen molar-refractivity contribution in [3.8, 4) is 10.7 Å². The number of halogens is 1. The van der Waals surface area contributed by atoms with Crippen LogP contribution in [0.15, 0.2) is 22.0 Å². The lowest BCUT2D eigenvalue weighted by atomic mass is 10.0. The molecule has 0 radical (unpaired) electrons. The van der Waals surface area contributed by atoms with Crippen LogP contribution in [-0.4, -0.2) is 28.6 Å². The van der Waals surface area contributed by atoms with E-state index in [0.717, 1.165) is 11.3 Å². The maximum absolute atomic E-state index is 11.9. The van der Waals surface area contributed by atoms with E-state index >= 15 is 0 Å². The van der Waals surface area contributed by atoms with Crippen molar-refractivity contribution in [2.24, 2.45) is 11.7 Å². The van der Waals surface area contributed by atoms with Crippen molar-refractivity contribution < 1.29 is 9.32 Å². The summed E-state index contributed by atoms with van der Waals surface area (Å²) >= 11 is 1.57. The summed E-state index contributed by atoms with van der Waals surface area (Å²) in [6, 6.07) is 3.95. The van der Waals surface area contributed by atoms with E-state index in [2.05, 4.69) is 29.3 Å². The van der Waals surface area contributed by atoms with Gasteiger partial charge in [-0.1, -0.05) is 25.1 Å². The zero-order valence-electron chi connectivity index (χ0n) is 14.0. The number of hydrogen-bond donors (Lipinski definition) is 2. The number of aromatic nitrogens is 2. The summed E-state index contributed by atoms with van der Waals surface area (Å²) in [5.74, 6) is 1.72. The topological polar surface area (TPSA) is 94.0 Å². The van der Waals surface area contributed by atoms with Gasteiger partial charge in [-0.15, -0.1) is 23.7 Å². The summed E-state index contributed by atoms with van der Waals surface area (Å²) in [5.41, 5.74) is 5.69. The predicted octanol–water partition coefficient (Wildman–Crippen LogP) is 3.03. The highest BCUT2D eigenvalue weighted by molar-refractivity contribution is 7.13. The largest absolute Gasteiger partial charge is 0.352 e. The Labute approximate surface area is 152 Å². The second kappa shape index (κ2) is 10.4. The third-order valence-corrected chi connectivity index (χ3v) is 4.28. The summed E-state index contributed by atoms with van der Waals surface area (Å²) in [6.07, 6.45) is 2.61. The van der Waals surface area contributed by atoms with E-state index in [1.165, 1.54) is 0 Å². The van der Waals surface area contributed by atoms with Gasteiger partial charge in [0.2, 0.25) is 17.6 Å². The van der Waals surface area contributed by atoms with E-state index in [9.17, 15) is 4.79 Å². The highest BCUT2D eigenvalue weighted by atomic mass is 35.5. The van der Waals surface area contributed by atoms with E-state index in [-0.39, 0.29) is 24.4 Å². The average molecular weight is 373 g/mol. The molecule has 1 amide bonds. The van der Waals surface area contributed by atoms with E-state index in [0.29, 0.717) is 43.4 Å². The lowest BCUT2D eigenvalue weighted by Gasteiger charge is -2.18. The molecule has 2 aromatic heterocycles. The van der Waals surface area contributed by atoms with Crippen LogP contribution in [0.5, 0.6) is 0 Å². The predicted molar refractivity (Wildman–Crippen MR) is 98.2 cm³/mol. The van der Waals surface area contributed by atoms with Crippen LogP contribution in [0.4, 0.5) is 0 Å². The number of hydrogen-bond acceptors (Lipinski definition) is 6. The molecular formula is C16H25ClN4O2S. The van der Waals surface area contributed by atoms with Gasteiger partial charge in [-0.2, -0.15) is 4.98 Å². The summed E-state index contributed by atoms with van der Waals surface area (Å²) in [5, 5.41) is 8.91. The molecule has 1 atom stereocenters. The van der Waals surface area contributed by atoms with E-state index in [1.54, 1.807) is 11.3 Å². The fourth-order valence-corrected chi connectivity index (χ4v) is 2.99. The highest BCUT2D eigenvalue weighted by Crippen LogP contribution is 2.21. The van der Waals surface area contributed by atoms with Crippen LogP contribution in [0.1, 0.15) is 39.0 Å². The first-order chi connectivity index (χ1) is 11.1. The first-order valence-electron chi connectivity index (χ1n) is 7.94. The fraction of sp³-hybridized carbons (Fsp3) is 0.562. The number of amides is 1. The SMILES string of the molecule is CC(C)CC(CN)NC(=O)CCCc1nc(-c2cccs2)no1.Cl. The molecule has 134 valence electrons. The molecule has 24 heavy (non-hydrogen) atoms. The Hall–Kier alpha value is -1.44. The first-order valence-corrected chi connectivity index (χ1v) is 8.82. The van der Waals surface area contributed by atoms with Crippen LogP contribution in [0.25, 0.3) is 10.7 Å². The quantitative estimate of drug-likeness (QED) is 0.705. The summed E-state index contributed by atoms with van der Waals surface area (Å²) in [4.78, 5) is 17.3. The van der Waals surface area contributed by atoms with Crippen LogP contribution in [-0.2, 0) is 11.2 Å². The Morgan fingerprint density at radius 2 is 2.25 bits per heavy atom. The molecule has 8 heteroatoms. The molecule has 0 saturated heterocycles. The van der Waals surface area contributed by atoms with Crippen molar-refractivity contribution in [1.82, 2.24) is 15.5 Å². The number of thiophene rings is 1. The van der Waals surface area contributed by atoms with Crippen molar-refractivity contribution in [2.45, 2.75) is 45.6 Å². The van der Waals surface area contributed by atoms with Crippen molar-refractivity contribution in [3.05, 3.63) is 23.4 Å². The number of carbonyl (C=O) groups is 1. The molecule has 2 heterocycles. The molecule has 0 fully saturated rings. The van der Waals surface area contributed by atoms with Gasteiger partial charge >= 0.3 is 0 Å². The van der Waals surface area contributed by atoms with E-state index in [1.807, 2.05) is 17.5 Å². The Bertz CT molecular complexity index is 601. The average Bonchev–Trinajstić information content (AvgIpc) is 3.16. The molecule has 3 N–H and O–H groups in total. The number of carbonyl (C=O) groups excluding carboxylic acids is 1. The van der Waals surface area contributed by atoms with Crippen molar-refractivity contribution in [1.29, 1.82) is 0 Å². The fourth-order valence-electron chi connectivity index (χ4n) is 2.35. The van der Waals surface area contributed by atoms with Crippen molar-refractivity contribution >= 4 is 29.7 Å². The van der Waals surface area contributed by atoms with Crippen molar-refractivity contribution in [3.63, 3.8) is 0 Å². The van der Waals surface area contributed by atoms with Crippen LogP contribution >= 0.6 is 23.7 Å². The minimum absolute atomic E-state index is 0. The molecule has 1 unspecified atom stereocenters. The van der Waals surface area contributed by atoms with Gasteiger partial charge in [-0.25, -0.2) is 0 Å². The van der Waals surface area contributed by atoms with Gasteiger partial charge in [0.25, 0.3) is 0 Å². The smallest absolute Gasteiger partial charge is 0.226 e. The molecule has 0 aliphatic heterocycles. The molecule has 0 bridgehead atoms. The zero-order chi connectivity index (χ0) is 16.7. The molecular weight excluding hydrogens is 348 g/mol. The van der Waals surface area contributed by atoms with E-state index < -0.39 is 0 Å². The third kappa shape index (κ3) is 6.59. The third-order valence-electron chi connectivity index (χ3n) is 3.41. The lowest BCUT2D eigenvalue weighted by molar-refractivity contribution is -0.121. The number of aryl methyl sites for hydroxylation is 1. The molecule has 0 spiro atoms. The summed E-state index contributed by atoms with van der Waals surface area (Å²) < 4.78 is 5.22.